The summed E-state index contributed by atoms with van der Waals surface area (Å²) in [6.45, 7) is 0. The van der Waals surface area contributed by atoms with E-state index in [9.17, 15) is 9.90 Å². The fourth-order valence-corrected chi connectivity index (χ4v) is 2.57. The van der Waals surface area contributed by atoms with Crippen LogP contribution in [0.5, 0.6) is 17.2 Å². The molecule has 0 aromatic heterocycles. The van der Waals surface area contributed by atoms with E-state index in [2.05, 4.69) is 0 Å². The third-order valence-electron chi connectivity index (χ3n) is 3.28. The van der Waals surface area contributed by atoms with Crippen molar-refractivity contribution in [2.75, 3.05) is 20.5 Å². The zero-order valence-corrected chi connectivity index (χ0v) is 14.0. The van der Waals surface area contributed by atoms with Gasteiger partial charge >= 0.3 is 0 Å². The Balaban J connectivity index is 2.31. The maximum Gasteiger partial charge on any atom is 0.193 e. The second kappa shape index (κ2) is 7.74. The molecular formula is C18H18O4S. The molecule has 0 unspecified atom stereocenters. The van der Waals surface area contributed by atoms with Gasteiger partial charge in [-0.05, 0) is 30.0 Å². The number of hydrogen-bond donors (Lipinski definition) is 1. The van der Waals surface area contributed by atoms with Crippen molar-refractivity contribution >= 4 is 23.6 Å². The highest BCUT2D eigenvalue weighted by Gasteiger charge is 2.17. The Morgan fingerprint density at radius 2 is 1.96 bits per heavy atom. The standard InChI is InChI=1S/C18H18O4S/c1-21-13-10-16(20)18(17(11-13)22-2)15(19)8-7-12-5-4-6-14(9-12)23-3/h4-11,20H,1-3H3/b8-7+. The molecule has 2 aromatic carbocycles. The Labute approximate surface area is 139 Å². The highest BCUT2D eigenvalue weighted by molar-refractivity contribution is 7.98. The Morgan fingerprint density at radius 3 is 2.61 bits per heavy atom. The second-order valence-corrected chi connectivity index (χ2v) is 5.58. The maximum atomic E-state index is 12.4. The molecule has 0 atom stereocenters. The van der Waals surface area contributed by atoms with E-state index in [1.165, 1.54) is 26.4 Å². The number of phenols is 1. The summed E-state index contributed by atoms with van der Waals surface area (Å²) >= 11 is 1.63. The molecule has 5 heteroatoms. The van der Waals surface area contributed by atoms with Crippen LogP contribution in [0.25, 0.3) is 6.08 Å². The van der Waals surface area contributed by atoms with Gasteiger partial charge in [0.2, 0.25) is 0 Å². The summed E-state index contributed by atoms with van der Waals surface area (Å²) in [6.07, 6.45) is 5.13. The minimum Gasteiger partial charge on any atom is -0.507 e. The highest BCUT2D eigenvalue weighted by atomic mass is 32.2. The minimum atomic E-state index is -0.337. The number of benzene rings is 2. The maximum absolute atomic E-state index is 12.4. The van der Waals surface area contributed by atoms with Crippen molar-refractivity contribution in [2.45, 2.75) is 4.90 Å². The number of aromatic hydroxyl groups is 1. The molecule has 0 saturated heterocycles. The van der Waals surface area contributed by atoms with Gasteiger partial charge in [0.1, 0.15) is 22.8 Å². The average Bonchev–Trinajstić information content (AvgIpc) is 2.58. The predicted octanol–water partition coefficient (Wildman–Crippen LogP) is 4.03. The van der Waals surface area contributed by atoms with Crippen LogP contribution < -0.4 is 9.47 Å². The molecule has 2 rings (SSSR count). The number of hydrogen-bond acceptors (Lipinski definition) is 5. The molecule has 0 radical (unpaired) electrons. The molecule has 0 aliphatic heterocycles. The van der Waals surface area contributed by atoms with Crippen LogP contribution in [0, 0.1) is 0 Å². The summed E-state index contributed by atoms with van der Waals surface area (Å²) < 4.78 is 10.2. The molecule has 0 aliphatic rings. The lowest BCUT2D eigenvalue weighted by atomic mass is 10.1. The zero-order chi connectivity index (χ0) is 16.8. The number of rotatable bonds is 6. The molecule has 120 valence electrons. The lowest BCUT2D eigenvalue weighted by Gasteiger charge is -2.10. The van der Waals surface area contributed by atoms with Gasteiger partial charge in [0.25, 0.3) is 0 Å². The van der Waals surface area contributed by atoms with Crippen LogP contribution in [-0.4, -0.2) is 31.4 Å². The minimum absolute atomic E-state index is 0.116. The molecule has 0 amide bonds. The zero-order valence-electron chi connectivity index (χ0n) is 13.2. The Kier molecular flexibility index (Phi) is 5.71. The first-order valence-corrected chi connectivity index (χ1v) is 8.13. The second-order valence-electron chi connectivity index (χ2n) is 4.70. The van der Waals surface area contributed by atoms with Crippen LogP contribution in [0.15, 0.2) is 47.4 Å². The molecule has 23 heavy (non-hydrogen) atoms. The normalized spacial score (nSPS) is 10.7. The Morgan fingerprint density at radius 1 is 1.17 bits per heavy atom. The van der Waals surface area contributed by atoms with Gasteiger partial charge in [0, 0.05) is 17.0 Å². The van der Waals surface area contributed by atoms with Gasteiger partial charge in [-0.15, -0.1) is 11.8 Å². The van der Waals surface area contributed by atoms with E-state index < -0.39 is 0 Å². The van der Waals surface area contributed by atoms with E-state index in [0.717, 1.165) is 10.5 Å². The molecule has 0 saturated carbocycles. The van der Waals surface area contributed by atoms with Gasteiger partial charge in [-0.2, -0.15) is 0 Å². The fourth-order valence-electron chi connectivity index (χ4n) is 2.10. The third-order valence-corrected chi connectivity index (χ3v) is 4.00. The van der Waals surface area contributed by atoms with Crippen molar-refractivity contribution in [2.24, 2.45) is 0 Å². The molecule has 1 N–H and O–H groups in total. The van der Waals surface area contributed by atoms with E-state index >= 15 is 0 Å². The van der Waals surface area contributed by atoms with Gasteiger partial charge in [-0.1, -0.05) is 18.2 Å². The average molecular weight is 330 g/mol. The first kappa shape index (κ1) is 17.0. The summed E-state index contributed by atoms with van der Waals surface area (Å²) in [7, 11) is 2.92. The van der Waals surface area contributed by atoms with E-state index in [0.29, 0.717) is 5.75 Å². The smallest absolute Gasteiger partial charge is 0.193 e. The molecular weight excluding hydrogens is 312 g/mol. The monoisotopic (exact) mass is 330 g/mol. The summed E-state index contributed by atoms with van der Waals surface area (Å²) in [4.78, 5) is 13.5. The van der Waals surface area contributed by atoms with Gasteiger partial charge in [0.15, 0.2) is 5.78 Å². The fraction of sp³-hybridized carbons (Fsp3) is 0.167. The summed E-state index contributed by atoms with van der Waals surface area (Å²) in [6, 6.07) is 10.8. The molecule has 0 heterocycles. The third kappa shape index (κ3) is 4.07. The lowest BCUT2D eigenvalue weighted by molar-refractivity contribution is 0.104. The van der Waals surface area contributed by atoms with E-state index in [1.54, 1.807) is 23.9 Å². The first-order valence-electron chi connectivity index (χ1n) is 6.90. The molecule has 0 bridgehead atoms. The number of ether oxygens (including phenoxy) is 2. The lowest BCUT2D eigenvalue weighted by Crippen LogP contribution is -2.00. The predicted molar refractivity (Wildman–Crippen MR) is 92.8 cm³/mol. The van der Waals surface area contributed by atoms with Gasteiger partial charge in [0.05, 0.1) is 14.2 Å². The van der Waals surface area contributed by atoms with Crippen LogP contribution in [0.3, 0.4) is 0 Å². The van der Waals surface area contributed by atoms with E-state index in [4.69, 9.17) is 9.47 Å². The first-order chi connectivity index (χ1) is 11.1. The summed E-state index contributed by atoms with van der Waals surface area (Å²) in [5.41, 5.74) is 1.03. The number of carbonyl (C=O) groups is 1. The number of phenolic OH excluding ortho intramolecular Hbond substituents is 1. The van der Waals surface area contributed by atoms with Gasteiger partial charge < -0.3 is 14.6 Å². The Bertz CT molecular complexity index is 738. The number of carbonyl (C=O) groups excluding carboxylic acids is 1. The number of methoxy groups -OCH3 is 2. The molecule has 2 aromatic rings. The largest absolute Gasteiger partial charge is 0.507 e. The van der Waals surface area contributed by atoms with Crippen molar-refractivity contribution in [1.29, 1.82) is 0 Å². The van der Waals surface area contributed by atoms with Crippen LogP contribution in [0.4, 0.5) is 0 Å². The number of thioether (sulfide) groups is 1. The summed E-state index contributed by atoms with van der Waals surface area (Å²) in [5.74, 6) is 0.187. The topological polar surface area (TPSA) is 55.8 Å². The SMILES string of the molecule is COc1cc(O)c(C(=O)/C=C/c2cccc(SC)c2)c(OC)c1. The molecule has 4 nitrogen and oxygen atoms in total. The van der Waals surface area contributed by atoms with Crippen LogP contribution in [0.2, 0.25) is 0 Å². The quantitative estimate of drug-likeness (QED) is 0.492. The van der Waals surface area contributed by atoms with Gasteiger partial charge in [-0.25, -0.2) is 0 Å². The summed E-state index contributed by atoms with van der Waals surface area (Å²) in [5, 5.41) is 10.1. The van der Waals surface area contributed by atoms with Crippen molar-refractivity contribution in [1.82, 2.24) is 0 Å². The van der Waals surface area contributed by atoms with E-state index in [-0.39, 0.29) is 22.8 Å². The van der Waals surface area contributed by atoms with Crippen molar-refractivity contribution in [3.63, 3.8) is 0 Å². The molecule has 0 fully saturated rings. The highest BCUT2D eigenvalue weighted by Crippen LogP contribution is 2.33. The van der Waals surface area contributed by atoms with Crippen molar-refractivity contribution in [3.8, 4) is 17.2 Å². The van der Waals surface area contributed by atoms with Crippen LogP contribution in [-0.2, 0) is 0 Å². The van der Waals surface area contributed by atoms with Crippen LogP contribution in [0.1, 0.15) is 15.9 Å². The molecule has 0 aliphatic carbocycles. The van der Waals surface area contributed by atoms with Crippen molar-refractivity contribution < 1.29 is 19.4 Å². The number of ketones is 1. The van der Waals surface area contributed by atoms with Gasteiger partial charge in [-0.3, -0.25) is 4.79 Å². The van der Waals surface area contributed by atoms with Crippen LogP contribution >= 0.6 is 11.8 Å². The van der Waals surface area contributed by atoms with E-state index in [1.807, 2.05) is 30.5 Å². The number of allylic oxidation sites excluding steroid dienone is 1. The molecule has 0 spiro atoms. The van der Waals surface area contributed by atoms with Crippen molar-refractivity contribution in [3.05, 3.63) is 53.6 Å². The Hall–Kier alpha value is -2.40.